The molecular weight excluding hydrogens is 298 g/mol. The quantitative estimate of drug-likeness (QED) is 0.724. The van der Waals surface area contributed by atoms with E-state index >= 15 is 0 Å². The number of anilines is 1. The molecule has 0 spiro atoms. The summed E-state index contributed by atoms with van der Waals surface area (Å²) in [5.41, 5.74) is 4.58. The van der Waals surface area contributed by atoms with Gasteiger partial charge in [-0.3, -0.25) is 0 Å². The summed E-state index contributed by atoms with van der Waals surface area (Å²) in [5.74, 6) is 0.983. The molecule has 0 aliphatic rings. The van der Waals surface area contributed by atoms with Gasteiger partial charge < -0.3 is 15.0 Å². The summed E-state index contributed by atoms with van der Waals surface area (Å²) in [7, 11) is 0. The number of nitrogens with zero attached hydrogens (tertiary/aromatic N) is 2. The van der Waals surface area contributed by atoms with Crippen LogP contribution in [0.4, 0.5) is 5.69 Å². The molecule has 0 aliphatic carbocycles. The van der Waals surface area contributed by atoms with Crippen molar-refractivity contribution in [3.05, 3.63) is 77.9 Å². The molecule has 0 bridgehead atoms. The number of aliphatic hydroxyl groups excluding tert-OH is 1. The average Bonchev–Trinajstić information content (AvgIpc) is 3.03. The third-order valence-corrected chi connectivity index (χ3v) is 4.23. The fourth-order valence-corrected chi connectivity index (χ4v) is 2.80. The number of aliphatic hydroxyl groups is 1. The third-order valence-electron chi connectivity index (χ3n) is 4.23. The molecule has 4 heteroatoms. The summed E-state index contributed by atoms with van der Waals surface area (Å²) in [5, 5.41) is 12.5. The Hall–Kier alpha value is -2.59. The van der Waals surface area contributed by atoms with Crippen LogP contribution in [-0.2, 0) is 6.42 Å². The van der Waals surface area contributed by atoms with E-state index in [9.17, 15) is 0 Å². The van der Waals surface area contributed by atoms with Crippen LogP contribution in [-0.4, -0.2) is 21.3 Å². The van der Waals surface area contributed by atoms with E-state index in [0.717, 1.165) is 22.8 Å². The molecule has 1 heterocycles. The molecule has 0 saturated carbocycles. The summed E-state index contributed by atoms with van der Waals surface area (Å²) in [4.78, 5) is 4.26. The minimum Gasteiger partial charge on any atom is -0.396 e. The number of hydrogen-bond acceptors (Lipinski definition) is 3. The van der Waals surface area contributed by atoms with Gasteiger partial charge >= 0.3 is 0 Å². The lowest BCUT2D eigenvalue weighted by molar-refractivity contribution is 0.299. The van der Waals surface area contributed by atoms with Gasteiger partial charge in [0, 0.05) is 36.4 Å². The van der Waals surface area contributed by atoms with Gasteiger partial charge in [0.1, 0.15) is 5.82 Å². The maximum absolute atomic E-state index is 8.97. The molecule has 3 rings (SSSR count). The van der Waals surface area contributed by atoms with Crippen molar-refractivity contribution < 1.29 is 5.11 Å². The molecule has 0 saturated heterocycles. The molecule has 1 unspecified atom stereocenters. The number of aromatic nitrogens is 2. The molecule has 124 valence electrons. The third kappa shape index (κ3) is 3.66. The van der Waals surface area contributed by atoms with Crippen LogP contribution in [0.3, 0.4) is 0 Å². The van der Waals surface area contributed by atoms with Crippen LogP contribution in [0.1, 0.15) is 29.9 Å². The second-order valence-corrected chi connectivity index (χ2v) is 5.97. The Morgan fingerprint density at radius 2 is 1.79 bits per heavy atom. The van der Waals surface area contributed by atoms with Crippen LogP contribution in [0, 0.1) is 6.92 Å². The molecule has 0 radical (unpaired) electrons. The van der Waals surface area contributed by atoms with Crippen LogP contribution in [0.2, 0.25) is 0 Å². The first-order valence-electron chi connectivity index (χ1n) is 8.24. The number of hydrogen-bond donors (Lipinski definition) is 2. The van der Waals surface area contributed by atoms with E-state index < -0.39 is 0 Å². The Bertz CT molecular complexity index is 775. The highest BCUT2D eigenvalue weighted by Gasteiger charge is 2.07. The largest absolute Gasteiger partial charge is 0.396 e. The molecular formula is C20H23N3O. The normalized spacial score (nSPS) is 12.1. The minimum atomic E-state index is 0.186. The minimum absolute atomic E-state index is 0.186. The molecule has 1 atom stereocenters. The molecule has 4 nitrogen and oxygen atoms in total. The number of benzene rings is 2. The highest BCUT2D eigenvalue weighted by molar-refractivity contribution is 5.47. The van der Waals surface area contributed by atoms with E-state index in [1.807, 2.05) is 19.3 Å². The van der Waals surface area contributed by atoms with Crippen molar-refractivity contribution in [2.45, 2.75) is 26.3 Å². The maximum Gasteiger partial charge on any atom is 0.110 e. The Morgan fingerprint density at radius 3 is 2.38 bits per heavy atom. The van der Waals surface area contributed by atoms with Crippen molar-refractivity contribution in [1.29, 1.82) is 0 Å². The van der Waals surface area contributed by atoms with Gasteiger partial charge in [0.05, 0.1) is 0 Å². The van der Waals surface area contributed by atoms with Gasteiger partial charge in [-0.1, -0.05) is 24.3 Å². The van der Waals surface area contributed by atoms with Crippen molar-refractivity contribution in [3.8, 4) is 5.69 Å². The van der Waals surface area contributed by atoms with Crippen LogP contribution < -0.4 is 5.32 Å². The summed E-state index contributed by atoms with van der Waals surface area (Å²) < 4.78 is 2.07. The zero-order valence-corrected chi connectivity index (χ0v) is 14.1. The van der Waals surface area contributed by atoms with Gasteiger partial charge in [-0.25, -0.2) is 4.98 Å². The van der Waals surface area contributed by atoms with Crippen molar-refractivity contribution in [2.24, 2.45) is 0 Å². The average molecular weight is 321 g/mol. The summed E-state index contributed by atoms with van der Waals surface area (Å²) >= 11 is 0. The van der Waals surface area contributed by atoms with E-state index in [2.05, 4.69) is 70.3 Å². The highest BCUT2D eigenvalue weighted by Crippen LogP contribution is 2.21. The van der Waals surface area contributed by atoms with Gasteiger partial charge in [0.25, 0.3) is 0 Å². The molecule has 24 heavy (non-hydrogen) atoms. The number of rotatable bonds is 6. The second-order valence-electron chi connectivity index (χ2n) is 5.97. The first-order chi connectivity index (χ1) is 11.7. The molecule has 2 aromatic carbocycles. The van der Waals surface area contributed by atoms with Crippen LogP contribution in [0.15, 0.2) is 60.9 Å². The van der Waals surface area contributed by atoms with Crippen LogP contribution in [0.25, 0.3) is 5.69 Å². The molecule has 3 aromatic rings. The standard InChI is InChI=1S/C20H23N3O/c1-15(22-19-7-3-17(4-8-19)11-14-24)18-5-9-20(10-6-18)23-13-12-21-16(23)2/h3-10,12-13,15,22,24H,11,14H2,1-2H3. The van der Waals surface area contributed by atoms with Crippen molar-refractivity contribution in [1.82, 2.24) is 9.55 Å². The Morgan fingerprint density at radius 1 is 1.08 bits per heavy atom. The predicted octanol–water partition coefficient (Wildman–Crippen LogP) is 3.89. The van der Waals surface area contributed by atoms with E-state index in [-0.39, 0.29) is 12.6 Å². The lowest BCUT2D eigenvalue weighted by Crippen LogP contribution is -2.07. The molecule has 0 fully saturated rings. The predicted molar refractivity (Wildman–Crippen MR) is 97.6 cm³/mol. The zero-order chi connectivity index (χ0) is 16.9. The number of aryl methyl sites for hydroxylation is 1. The van der Waals surface area contributed by atoms with Crippen molar-refractivity contribution >= 4 is 5.69 Å². The van der Waals surface area contributed by atoms with E-state index in [4.69, 9.17) is 5.11 Å². The van der Waals surface area contributed by atoms with Gasteiger partial charge in [0.2, 0.25) is 0 Å². The molecule has 0 aliphatic heterocycles. The first kappa shape index (κ1) is 16.3. The van der Waals surface area contributed by atoms with Crippen LogP contribution in [0.5, 0.6) is 0 Å². The fraction of sp³-hybridized carbons (Fsp3) is 0.250. The molecule has 2 N–H and O–H groups in total. The Kier molecular flexibility index (Phi) is 4.96. The Balaban J connectivity index is 1.68. The number of nitrogens with one attached hydrogen (secondary N) is 1. The van der Waals surface area contributed by atoms with Crippen molar-refractivity contribution in [3.63, 3.8) is 0 Å². The smallest absolute Gasteiger partial charge is 0.110 e. The summed E-state index contributed by atoms with van der Waals surface area (Å²) in [6.45, 7) is 4.34. The van der Waals surface area contributed by atoms with Gasteiger partial charge in [-0.15, -0.1) is 0 Å². The second kappa shape index (κ2) is 7.32. The summed E-state index contributed by atoms with van der Waals surface area (Å²) in [6, 6.07) is 17.0. The lowest BCUT2D eigenvalue weighted by atomic mass is 10.1. The maximum atomic E-state index is 8.97. The first-order valence-corrected chi connectivity index (χ1v) is 8.24. The lowest BCUT2D eigenvalue weighted by Gasteiger charge is -2.17. The van der Waals surface area contributed by atoms with Crippen LogP contribution >= 0.6 is 0 Å². The molecule has 1 aromatic heterocycles. The van der Waals surface area contributed by atoms with Gasteiger partial charge in [-0.2, -0.15) is 0 Å². The van der Waals surface area contributed by atoms with Crippen molar-refractivity contribution in [2.75, 3.05) is 11.9 Å². The topological polar surface area (TPSA) is 50.1 Å². The van der Waals surface area contributed by atoms with Gasteiger partial charge in [0.15, 0.2) is 0 Å². The fourth-order valence-electron chi connectivity index (χ4n) is 2.80. The summed E-state index contributed by atoms with van der Waals surface area (Å²) in [6.07, 6.45) is 4.48. The van der Waals surface area contributed by atoms with E-state index in [1.54, 1.807) is 0 Å². The highest BCUT2D eigenvalue weighted by atomic mass is 16.2. The number of imidazole rings is 1. The van der Waals surface area contributed by atoms with Gasteiger partial charge in [-0.05, 0) is 55.7 Å². The Labute approximate surface area is 142 Å². The SMILES string of the molecule is Cc1nccn1-c1ccc(C(C)Nc2ccc(CCO)cc2)cc1. The molecule has 0 amide bonds. The monoisotopic (exact) mass is 321 g/mol. The zero-order valence-electron chi connectivity index (χ0n) is 14.1. The van der Waals surface area contributed by atoms with E-state index in [1.165, 1.54) is 5.56 Å². The van der Waals surface area contributed by atoms with E-state index in [0.29, 0.717) is 6.42 Å².